The third kappa shape index (κ3) is 3.11. The molecular formula is C15H12N2O2. The normalized spacial score (nSPS) is 9.63. The predicted molar refractivity (Wildman–Crippen MR) is 71.6 cm³/mol. The molecule has 0 aliphatic heterocycles. The van der Waals surface area contributed by atoms with Gasteiger partial charge in [-0.25, -0.2) is 4.79 Å². The van der Waals surface area contributed by atoms with Gasteiger partial charge in [0.1, 0.15) is 0 Å². The van der Waals surface area contributed by atoms with Gasteiger partial charge in [-0.3, -0.25) is 4.90 Å². The first-order valence-corrected chi connectivity index (χ1v) is 5.75. The van der Waals surface area contributed by atoms with Gasteiger partial charge in [-0.2, -0.15) is 5.26 Å². The van der Waals surface area contributed by atoms with Gasteiger partial charge in [0.05, 0.1) is 17.8 Å². The van der Waals surface area contributed by atoms with Crippen molar-refractivity contribution >= 4 is 11.7 Å². The zero-order chi connectivity index (χ0) is 13.7. The van der Waals surface area contributed by atoms with Gasteiger partial charge in [0, 0.05) is 0 Å². The number of carbonyl (C=O) groups is 1. The number of hydrogen-bond acceptors (Lipinski definition) is 3. The Morgan fingerprint density at radius 2 is 1.74 bits per heavy atom. The zero-order valence-corrected chi connectivity index (χ0v) is 10.2. The van der Waals surface area contributed by atoms with E-state index >= 15 is 0 Å². The Balaban J connectivity index is 2.18. The third-order valence-corrected chi connectivity index (χ3v) is 2.73. The van der Waals surface area contributed by atoms with E-state index in [9.17, 15) is 10.1 Å². The molecule has 0 atom stereocenters. The number of carboxylic acids is 1. The summed E-state index contributed by atoms with van der Waals surface area (Å²) in [5, 5.41) is 18.0. The Morgan fingerprint density at radius 1 is 1.11 bits per heavy atom. The topological polar surface area (TPSA) is 64.3 Å². The maximum Gasteiger partial charge on any atom is 0.335 e. The fourth-order valence-corrected chi connectivity index (χ4v) is 1.73. The molecule has 2 rings (SSSR count). The number of benzene rings is 2. The van der Waals surface area contributed by atoms with Gasteiger partial charge >= 0.3 is 5.97 Å². The van der Waals surface area contributed by atoms with Crippen LogP contribution in [0.5, 0.6) is 0 Å². The minimum absolute atomic E-state index is 0.210. The number of anilines is 1. The molecule has 0 unspecified atom stereocenters. The zero-order valence-electron chi connectivity index (χ0n) is 10.2. The smallest absolute Gasteiger partial charge is 0.335 e. The van der Waals surface area contributed by atoms with Crippen molar-refractivity contribution < 1.29 is 9.90 Å². The first kappa shape index (κ1) is 12.7. The number of carboxylic acid groups (broad SMARTS) is 1. The van der Waals surface area contributed by atoms with Crippen LogP contribution in [0.25, 0.3) is 0 Å². The number of aromatic carboxylic acids is 1. The quantitative estimate of drug-likeness (QED) is 0.671. The van der Waals surface area contributed by atoms with Crippen LogP contribution in [0.1, 0.15) is 15.9 Å². The van der Waals surface area contributed by atoms with E-state index in [1.807, 2.05) is 30.3 Å². The maximum atomic E-state index is 10.8. The number of nitriles is 1. The van der Waals surface area contributed by atoms with Gasteiger partial charge in [-0.05, 0) is 29.8 Å². The molecule has 0 fully saturated rings. The summed E-state index contributed by atoms with van der Waals surface area (Å²) < 4.78 is 0. The fourth-order valence-electron chi connectivity index (χ4n) is 1.73. The lowest BCUT2D eigenvalue weighted by atomic mass is 10.1. The summed E-state index contributed by atoms with van der Waals surface area (Å²) in [5.74, 6) is -0.974. The Morgan fingerprint density at radius 3 is 2.26 bits per heavy atom. The monoisotopic (exact) mass is 252 g/mol. The molecule has 0 saturated carbocycles. The maximum absolute atomic E-state index is 10.8. The molecule has 2 aromatic rings. The van der Waals surface area contributed by atoms with Gasteiger partial charge in [0.25, 0.3) is 0 Å². The van der Waals surface area contributed by atoms with Crippen molar-refractivity contribution in [3.05, 3.63) is 65.7 Å². The number of hydrogen-bond donors (Lipinski definition) is 1. The van der Waals surface area contributed by atoms with Crippen molar-refractivity contribution in [1.82, 2.24) is 0 Å². The van der Waals surface area contributed by atoms with E-state index in [0.29, 0.717) is 12.2 Å². The highest BCUT2D eigenvalue weighted by atomic mass is 16.4. The van der Waals surface area contributed by atoms with Crippen LogP contribution in [0.4, 0.5) is 5.69 Å². The molecule has 4 nitrogen and oxygen atoms in total. The van der Waals surface area contributed by atoms with Crippen molar-refractivity contribution in [2.45, 2.75) is 6.54 Å². The third-order valence-electron chi connectivity index (χ3n) is 2.73. The molecule has 1 N–H and O–H groups in total. The van der Waals surface area contributed by atoms with Gasteiger partial charge in [-0.1, -0.05) is 30.3 Å². The van der Waals surface area contributed by atoms with Crippen LogP contribution in [0.15, 0.2) is 54.6 Å². The summed E-state index contributed by atoms with van der Waals surface area (Å²) >= 11 is 0. The summed E-state index contributed by atoms with van der Waals surface area (Å²) in [6.07, 6.45) is 2.10. The molecule has 0 radical (unpaired) electrons. The molecule has 19 heavy (non-hydrogen) atoms. The summed E-state index contributed by atoms with van der Waals surface area (Å²) in [6, 6.07) is 15.9. The lowest BCUT2D eigenvalue weighted by Gasteiger charge is -2.15. The average Bonchev–Trinajstić information content (AvgIpc) is 2.46. The Hall–Kier alpha value is -2.80. The highest BCUT2D eigenvalue weighted by Gasteiger charge is 2.08. The SMILES string of the molecule is N#CN(Cc1ccccc1)c1ccc(C(=O)O)cc1. The first-order chi connectivity index (χ1) is 9.20. The highest BCUT2D eigenvalue weighted by molar-refractivity contribution is 5.88. The van der Waals surface area contributed by atoms with Crippen LogP contribution in [-0.4, -0.2) is 11.1 Å². The van der Waals surface area contributed by atoms with Crippen LogP contribution in [0.3, 0.4) is 0 Å². The average molecular weight is 252 g/mol. The second-order valence-corrected chi connectivity index (χ2v) is 4.02. The molecule has 0 amide bonds. The highest BCUT2D eigenvalue weighted by Crippen LogP contribution is 2.17. The second kappa shape index (κ2) is 5.69. The van der Waals surface area contributed by atoms with E-state index in [2.05, 4.69) is 6.19 Å². The van der Waals surface area contributed by atoms with Gasteiger partial charge in [-0.15, -0.1) is 0 Å². The minimum Gasteiger partial charge on any atom is -0.478 e. The lowest BCUT2D eigenvalue weighted by molar-refractivity contribution is 0.0697. The second-order valence-electron chi connectivity index (χ2n) is 4.02. The summed E-state index contributed by atoms with van der Waals surface area (Å²) in [7, 11) is 0. The molecule has 4 heteroatoms. The standard InChI is InChI=1S/C15H12N2O2/c16-11-17(10-12-4-2-1-3-5-12)14-8-6-13(7-9-14)15(18)19/h1-9H,10H2,(H,18,19). The summed E-state index contributed by atoms with van der Waals surface area (Å²) in [4.78, 5) is 12.3. The fraction of sp³-hybridized carbons (Fsp3) is 0.0667. The first-order valence-electron chi connectivity index (χ1n) is 5.75. The summed E-state index contributed by atoms with van der Waals surface area (Å²) in [6.45, 7) is 0.462. The summed E-state index contributed by atoms with van der Waals surface area (Å²) in [5.41, 5.74) is 1.91. The molecule has 0 aliphatic rings. The molecule has 94 valence electrons. The van der Waals surface area contributed by atoms with Crippen molar-refractivity contribution in [3.8, 4) is 6.19 Å². The minimum atomic E-state index is -0.974. The van der Waals surface area contributed by atoms with E-state index in [4.69, 9.17) is 5.11 Å². The van der Waals surface area contributed by atoms with E-state index in [1.54, 1.807) is 12.1 Å². The molecule has 0 bridgehead atoms. The van der Waals surface area contributed by atoms with Crippen LogP contribution < -0.4 is 4.90 Å². The van der Waals surface area contributed by atoms with Crippen molar-refractivity contribution in [3.63, 3.8) is 0 Å². The van der Waals surface area contributed by atoms with E-state index in [1.165, 1.54) is 17.0 Å². The van der Waals surface area contributed by atoms with E-state index in [0.717, 1.165) is 5.56 Å². The Kier molecular flexibility index (Phi) is 3.79. The molecule has 0 aromatic heterocycles. The Labute approximate surface area is 111 Å². The molecule has 0 heterocycles. The van der Waals surface area contributed by atoms with Crippen LogP contribution in [0, 0.1) is 11.5 Å². The van der Waals surface area contributed by atoms with Gasteiger partial charge in [0.2, 0.25) is 0 Å². The number of nitrogens with zero attached hydrogens (tertiary/aromatic N) is 2. The molecule has 2 aromatic carbocycles. The molecule has 0 spiro atoms. The molecule has 0 saturated heterocycles. The number of rotatable bonds is 4. The molecular weight excluding hydrogens is 240 g/mol. The lowest BCUT2D eigenvalue weighted by Crippen LogP contribution is -2.15. The van der Waals surface area contributed by atoms with Gasteiger partial charge in [0.15, 0.2) is 6.19 Å². The van der Waals surface area contributed by atoms with E-state index in [-0.39, 0.29) is 5.56 Å². The Bertz CT molecular complexity index is 600. The van der Waals surface area contributed by atoms with Crippen molar-refractivity contribution in [2.24, 2.45) is 0 Å². The van der Waals surface area contributed by atoms with Crippen LogP contribution in [-0.2, 0) is 6.54 Å². The molecule has 0 aliphatic carbocycles. The predicted octanol–water partition coefficient (Wildman–Crippen LogP) is 2.87. The van der Waals surface area contributed by atoms with Gasteiger partial charge < -0.3 is 5.11 Å². The van der Waals surface area contributed by atoms with Crippen LogP contribution in [0.2, 0.25) is 0 Å². The van der Waals surface area contributed by atoms with Crippen molar-refractivity contribution in [1.29, 1.82) is 5.26 Å². The van der Waals surface area contributed by atoms with Crippen LogP contribution >= 0.6 is 0 Å². The van der Waals surface area contributed by atoms with Crippen molar-refractivity contribution in [2.75, 3.05) is 4.90 Å². The van der Waals surface area contributed by atoms with E-state index < -0.39 is 5.97 Å². The largest absolute Gasteiger partial charge is 0.478 e.